The first-order valence-electron chi connectivity index (χ1n) is 8.84. The summed E-state index contributed by atoms with van der Waals surface area (Å²) in [5.74, 6) is 0.152. The molecule has 3 aromatic heterocycles. The van der Waals surface area contributed by atoms with E-state index in [0.29, 0.717) is 23.0 Å². The highest BCUT2D eigenvalue weighted by Crippen LogP contribution is 2.37. The summed E-state index contributed by atoms with van der Waals surface area (Å²) in [6, 6.07) is 7.80. The van der Waals surface area contributed by atoms with E-state index in [-0.39, 0.29) is 21.0 Å². The molecule has 0 saturated heterocycles. The molecule has 2 N–H and O–H groups in total. The average Bonchev–Trinajstić information content (AvgIpc) is 3.34. The van der Waals surface area contributed by atoms with E-state index >= 15 is 0 Å². The van der Waals surface area contributed by atoms with Gasteiger partial charge in [-0.15, -0.1) is 13.2 Å². The van der Waals surface area contributed by atoms with Crippen LogP contribution in [0.4, 0.5) is 13.2 Å². The number of pyridine rings is 1. The van der Waals surface area contributed by atoms with Crippen LogP contribution in [0.15, 0.2) is 60.0 Å². The zero-order chi connectivity index (χ0) is 22.4. The lowest BCUT2D eigenvalue weighted by atomic mass is 10.1. The second kappa shape index (κ2) is 7.39. The van der Waals surface area contributed by atoms with Crippen LogP contribution in [0.1, 0.15) is 5.56 Å². The first-order valence-corrected chi connectivity index (χ1v) is 10.4. The van der Waals surface area contributed by atoms with Gasteiger partial charge in [0.2, 0.25) is 15.9 Å². The maximum absolute atomic E-state index is 13.0. The van der Waals surface area contributed by atoms with Crippen molar-refractivity contribution in [2.75, 3.05) is 7.11 Å². The van der Waals surface area contributed by atoms with E-state index in [1.54, 1.807) is 30.6 Å². The number of benzene rings is 1. The minimum absolute atomic E-state index is 0.0141. The molecule has 4 rings (SSSR count). The Bertz CT molecular complexity index is 1360. The van der Waals surface area contributed by atoms with Crippen molar-refractivity contribution < 1.29 is 26.3 Å². The van der Waals surface area contributed by atoms with Crippen molar-refractivity contribution in [1.82, 2.24) is 19.3 Å². The molecule has 4 aromatic rings. The largest absolute Gasteiger partial charge is 0.504 e. The molecule has 3 heterocycles. The fourth-order valence-corrected chi connectivity index (χ4v) is 3.81. The summed E-state index contributed by atoms with van der Waals surface area (Å²) in [7, 11) is -2.43. The van der Waals surface area contributed by atoms with E-state index in [2.05, 4.69) is 10.1 Å². The molecule has 0 aliphatic carbocycles. The van der Waals surface area contributed by atoms with Crippen LogP contribution in [0, 0.1) is 0 Å². The molecule has 31 heavy (non-hydrogen) atoms. The van der Waals surface area contributed by atoms with Crippen LogP contribution in [0.2, 0.25) is 0 Å². The van der Waals surface area contributed by atoms with E-state index in [1.807, 2.05) is 4.57 Å². The summed E-state index contributed by atoms with van der Waals surface area (Å²) in [6.45, 7) is 0.321. The van der Waals surface area contributed by atoms with Gasteiger partial charge in [-0.3, -0.25) is 0 Å². The van der Waals surface area contributed by atoms with Gasteiger partial charge in [0.15, 0.2) is 0 Å². The van der Waals surface area contributed by atoms with E-state index in [9.17, 15) is 21.6 Å². The second-order valence-corrected chi connectivity index (χ2v) is 8.28. The molecule has 0 saturated carbocycles. The number of aromatic nitrogens is 4. The van der Waals surface area contributed by atoms with Crippen LogP contribution in [0.25, 0.3) is 22.0 Å². The number of hydrogen-bond acceptors (Lipinski definition) is 5. The highest BCUT2D eigenvalue weighted by Gasteiger charge is 2.32. The first kappa shape index (κ1) is 20.9. The lowest BCUT2D eigenvalue weighted by molar-refractivity contribution is -0.212. The second-order valence-electron chi connectivity index (χ2n) is 6.72. The van der Waals surface area contributed by atoms with Crippen molar-refractivity contribution in [2.45, 2.75) is 17.7 Å². The van der Waals surface area contributed by atoms with E-state index < -0.39 is 16.3 Å². The van der Waals surface area contributed by atoms with Crippen LogP contribution in [-0.4, -0.2) is 34.9 Å². The Morgan fingerprint density at radius 3 is 2.42 bits per heavy atom. The SMILES string of the molecule is COc1ncc2ccn(Cc3ccc(S(N)(=O)=O)cc3)c2c1-c1cnn(C(F)(F)F)c1. The van der Waals surface area contributed by atoms with Crippen molar-refractivity contribution in [3.8, 4) is 17.0 Å². The number of ether oxygens (including phenoxy) is 1. The zero-order valence-corrected chi connectivity index (χ0v) is 16.9. The number of alkyl halides is 3. The Hall–Kier alpha value is -3.38. The lowest BCUT2D eigenvalue weighted by Crippen LogP contribution is -2.16. The van der Waals surface area contributed by atoms with Crippen molar-refractivity contribution in [3.63, 3.8) is 0 Å². The average molecular weight is 451 g/mol. The molecule has 0 bridgehead atoms. The van der Waals surface area contributed by atoms with Crippen LogP contribution >= 0.6 is 0 Å². The standard InChI is InChI=1S/C19H16F3N5O3S/c1-30-18-16(14-9-25-27(11-14)19(20,21)22)17-13(8-24-18)6-7-26(17)10-12-2-4-15(5-3-12)31(23,28)29/h2-9,11H,10H2,1H3,(H2,23,28,29). The van der Waals surface area contributed by atoms with E-state index in [4.69, 9.17) is 9.88 Å². The predicted octanol–water partition coefficient (Wildman–Crippen LogP) is 3.08. The molecule has 0 aliphatic heterocycles. The minimum Gasteiger partial charge on any atom is -0.480 e. The topological polar surface area (TPSA) is 105 Å². The molecule has 0 unspecified atom stereocenters. The number of nitrogens with two attached hydrogens (primary N) is 1. The van der Waals surface area contributed by atoms with Gasteiger partial charge in [0, 0.05) is 36.1 Å². The number of nitrogens with zero attached hydrogens (tertiary/aromatic N) is 4. The fourth-order valence-electron chi connectivity index (χ4n) is 3.29. The Morgan fingerprint density at radius 1 is 1.13 bits per heavy atom. The maximum Gasteiger partial charge on any atom is 0.504 e. The monoisotopic (exact) mass is 451 g/mol. The summed E-state index contributed by atoms with van der Waals surface area (Å²) in [6.07, 6.45) is 0.644. The van der Waals surface area contributed by atoms with Gasteiger partial charge in [-0.2, -0.15) is 9.78 Å². The van der Waals surface area contributed by atoms with Gasteiger partial charge in [-0.25, -0.2) is 18.5 Å². The van der Waals surface area contributed by atoms with Crippen LogP contribution in [0.3, 0.4) is 0 Å². The molecule has 0 amide bonds. The Kier molecular flexibility index (Phi) is 4.98. The number of methoxy groups -OCH3 is 1. The number of primary sulfonamides is 1. The smallest absolute Gasteiger partial charge is 0.480 e. The third-order valence-electron chi connectivity index (χ3n) is 4.70. The fraction of sp³-hybridized carbons (Fsp3) is 0.158. The van der Waals surface area contributed by atoms with Crippen LogP contribution in [0.5, 0.6) is 5.88 Å². The van der Waals surface area contributed by atoms with E-state index in [1.165, 1.54) is 19.2 Å². The van der Waals surface area contributed by atoms with Gasteiger partial charge >= 0.3 is 6.30 Å². The maximum atomic E-state index is 13.0. The number of fused-ring (bicyclic) bond motifs is 1. The van der Waals surface area contributed by atoms with Crippen molar-refractivity contribution >= 4 is 20.9 Å². The molecule has 1 aromatic carbocycles. The molecule has 0 atom stereocenters. The first-order chi connectivity index (χ1) is 14.6. The molecule has 8 nitrogen and oxygen atoms in total. The molecular formula is C19H16F3N5O3S. The van der Waals surface area contributed by atoms with Crippen molar-refractivity contribution in [3.05, 3.63) is 60.7 Å². The summed E-state index contributed by atoms with van der Waals surface area (Å²) in [5.41, 5.74) is 1.92. The van der Waals surface area contributed by atoms with Crippen molar-refractivity contribution in [1.29, 1.82) is 0 Å². The number of sulfonamides is 1. The summed E-state index contributed by atoms with van der Waals surface area (Å²) in [5, 5.41) is 9.22. The summed E-state index contributed by atoms with van der Waals surface area (Å²) < 4.78 is 69.0. The van der Waals surface area contributed by atoms with Gasteiger partial charge in [0.1, 0.15) is 0 Å². The predicted molar refractivity (Wildman–Crippen MR) is 106 cm³/mol. The molecule has 0 fully saturated rings. The van der Waals surface area contributed by atoms with Gasteiger partial charge in [0.05, 0.1) is 29.3 Å². The normalized spacial score (nSPS) is 12.4. The molecule has 12 heteroatoms. The van der Waals surface area contributed by atoms with Crippen molar-refractivity contribution in [2.24, 2.45) is 5.14 Å². The quantitative estimate of drug-likeness (QED) is 0.502. The Labute approximate surface area is 174 Å². The zero-order valence-electron chi connectivity index (χ0n) is 16.0. The van der Waals surface area contributed by atoms with Crippen LogP contribution < -0.4 is 9.88 Å². The number of halogens is 3. The highest BCUT2D eigenvalue weighted by atomic mass is 32.2. The van der Waals surface area contributed by atoms with Gasteiger partial charge in [-0.05, 0) is 23.8 Å². The summed E-state index contributed by atoms with van der Waals surface area (Å²) in [4.78, 5) is 4.18. The third-order valence-corrected chi connectivity index (χ3v) is 5.62. The third kappa shape index (κ3) is 3.99. The molecular weight excluding hydrogens is 435 g/mol. The number of rotatable bonds is 5. The lowest BCUT2D eigenvalue weighted by Gasteiger charge is -2.12. The van der Waals surface area contributed by atoms with Gasteiger partial charge in [-0.1, -0.05) is 12.1 Å². The van der Waals surface area contributed by atoms with E-state index in [0.717, 1.165) is 18.0 Å². The highest BCUT2D eigenvalue weighted by molar-refractivity contribution is 7.89. The molecule has 0 radical (unpaired) electrons. The van der Waals surface area contributed by atoms with Gasteiger partial charge < -0.3 is 9.30 Å². The summed E-state index contributed by atoms with van der Waals surface area (Å²) >= 11 is 0. The molecule has 0 spiro atoms. The molecule has 162 valence electrons. The number of hydrogen-bond donors (Lipinski definition) is 1. The van der Waals surface area contributed by atoms with Gasteiger partial charge in [0.25, 0.3) is 0 Å². The Balaban J connectivity index is 1.82. The Morgan fingerprint density at radius 2 is 1.84 bits per heavy atom. The molecule has 0 aliphatic rings. The van der Waals surface area contributed by atoms with Crippen LogP contribution in [-0.2, 0) is 22.9 Å². The minimum atomic E-state index is -4.65.